The molecule has 432 valence electrons. The monoisotopic (exact) mass is 1340 g/mol. The molecule has 0 aliphatic heterocycles. The van der Waals surface area contributed by atoms with Crippen LogP contribution in [0.3, 0.4) is 0 Å². The summed E-state index contributed by atoms with van der Waals surface area (Å²) in [6, 6.07) is 40.2. The van der Waals surface area contributed by atoms with Crippen molar-refractivity contribution in [3.63, 3.8) is 0 Å². The van der Waals surface area contributed by atoms with Gasteiger partial charge in [0.2, 0.25) is 0 Å². The standard InChI is InChI=1S/4C16H22O2Se.2H2O/c4*1-12(15(2,3)17)11-14(16(4,5)18)19-13-9-7-6-8-10-13;;/h4*6-11,17-18H,1H2,2-5H3;2*1H2/b4*14-11-;;. The largest absolute Gasteiger partial charge is 0.412 e. The molecule has 0 heterocycles. The minimum atomic E-state index is -0.969. The summed E-state index contributed by atoms with van der Waals surface area (Å²) in [4.78, 5) is 0. The van der Waals surface area contributed by atoms with Crippen molar-refractivity contribution in [1.29, 1.82) is 0 Å². The average Bonchev–Trinajstić information content (AvgIpc) is 3.27. The molecule has 0 aliphatic rings. The smallest absolute Gasteiger partial charge is 0.412 e. The summed E-state index contributed by atoms with van der Waals surface area (Å²) in [7, 11) is 0. The van der Waals surface area contributed by atoms with Gasteiger partial charge in [-0.3, -0.25) is 0 Å². The summed E-state index contributed by atoms with van der Waals surface area (Å²) in [5.41, 5.74) is -5.07. The molecule has 10 nitrogen and oxygen atoms in total. The quantitative estimate of drug-likeness (QED) is 0.0367. The third-order valence-electron chi connectivity index (χ3n) is 10.7. The van der Waals surface area contributed by atoms with Crippen LogP contribution in [0.4, 0.5) is 0 Å². The van der Waals surface area contributed by atoms with Crippen LogP contribution >= 0.6 is 0 Å². The van der Waals surface area contributed by atoms with Gasteiger partial charge < -0.3 is 11.0 Å². The molecule has 0 aliphatic carbocycles. The van der Waals surface area contributed by atoms with Crippen LogP contribution in [0.15, 0.2) is 212 Å². The fraction of sp³-hybridized carbons (Fsp3) is 0.375. The Bertz CT molecular complexity index is 2220. The van der Waals surface area contributed by atoms with E-state index >= 15 is 0 Å². The van der Waals surface area contributed by atoms with Gasteiger partial charge in [0.25, 0.3) is 0 Å². The van der Waals surface area contributed by atoms with Gasteiger partial charge in [-0.25, -0.2) is 0 Å². The van der Waals surface area contributed by atoms with E-state index in [9.17, 15) is 40.9 Å². The first-order valence-corrected chi connectivity index (χ1v) is 31.6. The Morgan fingerprint density at radius 1 is 0.269 bits per heavy atom. The van der Waals surface area contributed by atoms with Gasteiger partial charge in [-0.2, -0.15) is 0 Å². The molecule has 4 rings (SSSR count). The van der Waals surface area contributed by atoms with E-state index in [4.69, 9.17) is 0 Å². The van der Waals surface area contributed by atoms with E-state index in [-0.39, 0.29) is 70.8 Å². The zero-order valence-electron chi connectivity index (χ0n) is 48.9. The Morgan fingerprint density at radius 3 is 0.500 bits per heavy atom. The first kappa shape index (κ1) is 76.5. The van der Waals surface area contributed by atoms with Crippen molar-refractivity contribution >= 4 is 77.7 Å². The van der Waals surface area contributed by atoms with Gasteiger partial charge >= 0.3 is 486 Å². The minimum absolute atomic E-state index is 0. The minimum Gasteiger partial charge on any atom is -0.412 e. The molecule has 0 spiro atoms. The molecule has 4 aromatic rings. The molecule has 12 N–H and O–H groups in total. The van der Waals surface area contributed by atoms with Gasteiger partial charge in [0.15, 0.2) is 0 Å². The second-order valence-electron chi connectivity index (χ2n) is 22.3. The van der Waals surface area contributed by atoms with E-state index in [1.54, 1.807) is 111 Å². The molecule has 0 aromatic heterocycles. The number of rotatable bonds is 20. The van der Waals surface area contributed by atoms with Crippen LogP contribution in [0.5, 0.6) is 0 Å². The Kier molecular flexibility index (Phi) is 32.2. The maximum absolute atomic E-state index is 10.3. The molecule has 78 heavy (non-hydrogen) atoms. The van der Waals surface area contributed by atoms with Crippen LogP contribution in [0.1, 0.15) is 111 Å². The van der Waals surface area contributed by atoms with Crippen LogP contribution in [0.25, 0.3) is 0 Å². The molecule has 0 saturated carbocycles. The van der Waals surface area contributed by atoms with Gasteiger partial charge in [-0.1, -0.05) is 0 Å². The van der Waals surface area contributed by atoms with Crippen molar-refractivity contribution in [2.24, 2.45) is 0 Å². The first-order chi connectivity index (χ1) is 34.4. The van der Waals surface area contributed by atoms with E-state index in [1.165, 1.54) is 17.8 Å². The summed E-state index contributed by atoms with van der Waals surface area (Å²) in [5, 5.41) is 80.9. The van der Waals surface area contributed by atoms with Crippen molar-refractivity contribution < 1.29 is 51.8 Å². The summed E-state index contributed by atoms with van der Waals surface area (Å²) in [5.74, 6) is 0. The molecular weight excluding hydrogens is 1240 g/mol. The zero-order valence-corrected chi connectivity index (χ0v) is 55.7. The Hall–Kier alpha value is -3.52. The number of benzene rings is 4. The maximum Gasteiger partial charge on any atom is -0.412 e. The summed E-state index contributed by atoms with van der Waals surface area (Å²) in [6.07, 6.45) is 7.31. The predicted molar refractivity (Wildman–Crippen MR) is 334 cm³/mol. The third kappa shape index (κ3) is 31.5. The maximum atomic E-state index is 10.3. The van der Waals surface area contributed by atoms with Crippen molar-refractivity contribution in [1.82, 2.24) is 0 Å². The van der Waals surface area contributed by atoms with Crippen molar-refractivity contribution in [3.8, 4) is 0 Å². The van der Waals surface area contributed by atoms with E-state index in [0.717, 1.165) is 17.9 Å². The van der Waals surface area contributed by atoms with Gasteiger partial charge in [0, 0.05) is 0 Å². The van der Waals surface area contributed by atoms with Crippen LogP contribution in [-0.4, -0.2) is 156 Å². The van der Waals surface area contributed by atoms with Crippen LogP contribution in [0.2, 0.25) is 0 Å². The summed E-state index contributed by atoms with van der Waals surface area (Å²) < 4.78 is 8.35. The fourth-order valence-electron chi connectivity index (χ4n) is 5.13. The van der Waals surface area contributed by atoms with Crippen LogP contribution in [-0.2, 0) is 0 Å². The predicted octanol–water partition coefficient (Wildman–Crippen LogP) is 6.34. The summed E-state index contributed by atoms with van der Waals surface area (Å²) in [6.45, 7) is 43.3. The molecule has 0 radical (unpaired) electrons. The second-order valence-corrected chi connectivity index (χ2v) is 31.6. The fourth-order valence-corrected chi connectivity index (χ4v) is 13.5. The second kappa shape index (κ2) is 32.8. The number of hydrogen-bond acceptors (Lipinski definition) is 8. The van der Waals surface area contributed by atoms with Gasteiger partial charge in [-0.05, 0) is 0 Å². The van der Waals surface area contributed by atoms with E-state index < -0.39 is 44.8 Å². The van der Waals surface area contributed by atoms with E-state index in [1.807, 2.05) is 146 Å². The molecule has 0 unspecified atom stereocenters. The Morgan fingerprint density at radius 2 is 0.397 bits per heavy atom. The molecule has 0 bridgehead atoms. The molecule has 14 heteroatoms. The van der Waals surface area contributed by atoms with Gasteiger partial charge in [-0.15, -0.1) is 0 Å². The van der Waals surface area contributed by atoms with Gasteiger partial charge in [0.05, 0.1) is 0 Å². The van der Waals surface area contributed by atoms with Crippen molar-refractivity contribution in [3.05, 3.63) is 212 Å². The molecule has 4 aromatic carbocycles. The summed E-state index contributed by atoms with van der Waals surface area (Å²) >= 11 is 0.0306. The van der Waals surface area contributed by atoms with Crippen molar-refractivity contribution in [2.75, 3.05) is 0 Å². The first-order valence-electron chi connectivity index (χ1n) is 24.8. The van der Waals surface area contributed by atoms with Crippen LogP contribution < -0.4 is 17.8 Å². The number of aliphatic hydroxyl groups is 8. The Labute approximate surface area is 493 Å². The van der Waals surface area contributed by atoms with Gasteiger partial charge in [0.1, 0.15) is 0 Å². The topological polar surface area (TPSA) is 225 Å². The normalized spacial score (nSPS) is 13.1. The molecular formula is C64H92O10Se4. The van der Waals surface area contributed by atoms with Crippen LogP contribution in [0, 0.1) is 0 Å². The third-order valence-corrected chi connectivity index (χ3v) is 21.9. The Balaban J connectivity index is 0. The molecule has 0 atom stereocenters. The van der Waals surface area contributed by atoms with E-state index in [2.05, 4.69) is 26.3 Å². The molecule has 0 amide bonds. The zero-order chi connectivity index (χ0) is 58.7. The molecule has 0 saturated heterocycles. The molecule has 0 fully saturated rings. The average molecular weight is 1340 g/mol. The van der Waals surface area contributed by atoms with Crippen molar-refractivity contribution in [2.45, 2.75) is 156 Å². The van der Waals surface area contributed by atoms with E-state index in [0.29, 0.717) is 22.3 Å². The number of hydrogen-bond donors (Lipinski definition) is 8. The SMILES string of the molecule is C=C(/C=C(\[Se]c1ccccc1)C(C)(C)O)C(C)(C)O.C=C(/C=C(\[Se]c1ccccc1)C(C)(C)O)C(C)(C)O.C=C(/C=C(\[Se]c1ccccc1)C(C)(C)O)C(C)(C)O.C=C(/C=C(\[Se]c1ccccc1)C(C)(C)O)C(C)(C)O.O.O.